The minimum absolute atomic E-state index is 0.0720. The fraction of sp³-hybridized carbons (Fsp3) is 0.600. The van der Waals surface area contributed by atoms with Crippen LogP contribution in [0.15, 0.2) is 35.3 Å². The normalized spacial score (nSPS) is 24.7. The molecule has 2 rings (SSSR count). The molecule has 1 aromatic carbocycles. The molecule has 0 aliphatic carbocycles. The number of carbonyl (C=O) groups excluding carboxylic acids is 5. The molecule has 12 heteroatoms. The first-order chi connectivity index (χ1) is 19.9. The fourth-order valence-corrected chi connectivity index (χ4v) is 4.76. The van der Waals surface area contributed by atoms with E-state index in [1.54, 1.807) is 52.0 Å². The highest BCUT2D eigenvalue weighted by atomic mass is 16.2. The molecule has 1 aliphatic rings. The van der Waals surface area contributed by atoms with Crippen LogP contribution in [-0.2, 0) is 24.0 Å². The fourth-order valence-electron chi connectivity index (χ4n) is 4.76. The van der Waals surface area contributed by atoms with Gasteiger partial charge < -0.3 is 32.7 Å². The van der Waals surface area contributed by atoms with Gasteiger partial charge in [0.25, 0.3) is 0 Å². The van der Waals surface area contributed by atoms with E-state index in [0.717, 1.165) is 0 Å². The number of amides is 4. The number of ketones is 1. The van der Waals surface area contributed by atoms with Gasteiger partial charge in [0.1, 0.15) is 12.1 Å². The van der Waals surface area contributed by atoms with E-state index < -0.39 is 35.4 Å². The van der Waals surface area contributed by atoms with E-state index in [1.165, 1.54) is 0 Å². The first-order valence-corrected chi connectivity index (χ1v) is 14.7. The molecule has 1 aliphatic heterocycles. The summed E-state index contributed by atoms with van der Waals surface area (Å²) in [5, 5.41) is 11.4. The van der Waals surface area contributed by atoms with Crippen LogP contribution in [0, 0.1) is 11.8 Å². The van der Waals surface area contributed by atoms with Crippen molar-refractivity contribution in [3.63, 3.8) is 0 Å². The summed E-state index contributed by atoms with van der Waals surface area (Å²) in [7, 11) is 0. The zero-order valence-electron chi connectivity index (χ0n) is 25.2. The van der Waals surface area contributed by atoms with Crippen LogP contribution in [0.2, 0.25) is 0 Å². The van der Waals surface area contributed by atoms with E-state index in [4.69, 9.17) is 11.5 Å². The highest BCUT2D eigenvalue weighted by molar-refractivity contribution is 5.97. The number of rotatable bonds is 8. The third-order valence-electron chi connectivity index (χ3n) is 7.47. The topological polar surface area (TPSA) is 198 Å². The van der Waals surface area contributed by atoms with Crippen LogP contribution >= 0.6 is 0 Å². The molecule has 1 heterocycles. The Labute approximate surface area is 248 Å². The Hall–Kier alpha value is -3.96. The summed E-state index contributed by atoms with van der Waals surface area (Å²) in [5.41, 5.74) is 10.3. The van der Waals surface area contributed by atoms with Crippen molar-refractivity contribution >= 4 is 35.4 Å². The van der Waals surface area contributed by atoms with E-state index in [9.17, 15) is 24.0 Å². The number of benzene rings is 1. The molecule has 0 spiro atoms. The van der Waals surface area contributed by atoms with Gasteiger partial charge in [0.2, 0.25) is 23.6 Å². The molecule has 4 amide bonds. The number of guanidine groups is 1. The molecule has 1 saturated heterocycles. The Balaban J connectivity index is 2.42. The Morgan fingerprint density at radius 1 is 1.05 bits per heavy atom. The highest BCUT2D eigenvalue weighted by Crippen LogP contribution is 2.24. The zero-order valence-corrected chi connectivity index (χ0v) is 25.2. The lowest BCUT2D eigenvalue weighted by Crippen LogP contribution is -2.55. The molecule has 12 nitrogen and oxygen atoms in total. The van der Waals surface area contributed by atoms with Crippen LogP contribution in [0.5, 0.6) is 0 Å². The monoisotopic (exact) mass is 585 g/mol. The molecule has 0 radical (unpaired) electrons. The number of carbonyl (C=O) groups is 5. The maximum absolute atomic E-state index is 13.7. The second-order valence-electron chi connectivity index (χ2n) is 11.3. The van der Waals surface area contributed by atoms with Crippen molar-refractivity contribution < 1.29 is 24.0 Å². The Morgan fingerprint density at radius 2 is 1.74 bits per heavy atom. The maximum Gasteiger partial charge on any atom is 0.247 e. The van der Waals surface area contributed by atoms with Gasteiger partial charge in [-0.05, 0) is 51.0 Å². The van der Waals surface area contributed by atoms with Crippen LogP contribution in [0.1, 0.15) is 84.2 Å². The number of hydrogen-bond donors (Lipinski definition) is 6. The van der Waals surface area contributed by atoms with Gasteiger partial charge >= 0.3 is 0 Å². The molecule has 0 unspecified atom stereocenters. The average molecular weight is 586 g/mol. The smallest absolute Gasteiger partial charge is 0.247 e. The standard InChI is InChI=1S/C30H47N7O5/c1-5-22-27(41)36-24(20-12-7-6-8-13-20)28(42)33-16-10-9-15-30(4,37-25(39)19(2)3)23(38)18-21(26(40)35-22)14-11-17-34-29(31)32/h6-8,12-13,19,21-22,24H,5,9-11,14-18H2,1-4H3,(H,33,42)(H,35,40)(H,36,41)(H,37,39)(H4,31,32,34)/t21-,22+,24-,30-/m0/s1. The van der Waals surface area contributed by atoms with Crippen molar-refractivity contribution in [2.24, 2.45) is 28.3 Å². The minimum atomic E-state index is -1.21. The summed E-state index contributed by atoms with van der Waals surface area (Å²) in [6.07, 6.45) is 2.25. The third-order valence-corrected chi connectivity index (χ3v) is 7.47. The van der Waals surface area contributed by atoms with E-state index in [-0.39, 0.29) is 55.3 Å². The molecule has 4 atom stereocenters. The van der Waals surface area contributed by atoms with E-state index in [1.807, 2.05) is 6.07 Å². The van der Waals surface area contributed by atoms with Crippen LogP contribution < -0.4 is 32.7 Å². The van der Waals surface area contributed by atoms with Gasteiger partial charge in [0.15, 0.2) is 11.7 Å². The summed E-state index contributed by atoms with van der Waals surface area (Å²) >= 11 is 0. The zero-order chi connectivity index (χ0) is 31.3. The highest BCUT2D eigenvalue weighted by Gasteiger charge is 2.38. The number of hydrogen-bond acceptors (Lipinski definition) is 6. The molecule has 232 valence electrons. The van der Waals surface area contributed by atoms with Gasteiger partial charge in [0, 0.05) is 31.3 Å². The lowest BCUT2D eigenvalue weighted by atomic mass is 9.83. The van der Waals surface area contributed by atoms with Crippen LogP contribution in [-0.4, -0.2) is 60.0 Å². The predicted molar refractivity (Wildman–Crippen MR) is 161 cm³/mol. The number of nitrogens with two attached hydrogens (primary N) is 2. The Kier molecular flexibility index (Phi) is 13.4. The van der Waals surface area contributed by atoms with Crippen molar-refractivity contribution in [1.29, 1.82) is 0 Å². The van der Waals surface area contributed by atoms with Gasteiger partial charge in [-0.3, -0.25) is 29.0 Å². The van der Waals surface area contributed by atoms with E-state index in [0.29, 0.717) is 37.8 Å². The summed E-state index contributed by atoms with van der Waals surface area (Å²) in [6.45, 7) is 7.51. The Morgan fingerprint density at radius 3 is 2.36 bits per heavy atom. The Bertz CT molecular complexity index is 1120. The summed E-state index contributed by atoms with van der Waals surface area (Å²) in [4.78, 5) is 70.5. The molecule has 0 saturated carbocycles. The number of nitrogens with one attached hydrogen (secondary N) is 4. The van der Waals surface area contributed by atoms with Gasteiger partial charge in [0.05, 0.1) is 5.54 Å². The first-order valence-electron chi connectivity index (χ1n) is 14.7. The molecule has 1 aromatic rings. The lowest BCUT2D eigenvalue weighted by molar-refractivity contribution is -0.137. The third kappa shape index (κ3) is 10.5. The molecule has 8 N–H and O–H groups in total. The molecule has 1 fully saturated rings. The van der Waals surface area contributed by atoms with Crippen LogP contribution in [0.3, 0.4) is 0 Å². The van der Waals surface area contributed by atoms with Crippen molar-refractivity contribution in [2.45, 2.75) is 90.3 Å². The first kappa shape index (κ1) is 34.2. The number of nitrogens with zero attached hydrogens (tertiary/aromatic N) is 1. The van der Waals surface area contributed by atoms with Gasteiger partial charge in [-0.15, -0.1) is 0 Å². The van der Waals surface area contributed by atoms with Crippen molar-refractivity contribution in [3.05, 3.63) is 35.9 Å². The molecular weight excluding hydrogens is 538 g/mol. The summed E-state index contributed by atoms with van der Waals surface area (Å²) < 4.78 is 0. The van der Waals surface area contributed by atoms with Gasteiger partial charge in [-0.1, -0.05) is 51.1 Å². The van der Waals surface area contributed by atoms with E-state index >= 15 is 0 Å². The molecule has 0 aromatic heterocycles. The van der Waals surface area contributed by atoms with Crippen LogP contribution in [0.25, 0.3) is 0 Å². The maximum atomic E-state index is 13.7. The quantitative estimate of drug-likeness (QED) is 0.150. The van der Waals surface area contributed by atoms with Crippen LogP contribution in [0.4, 0.5) is 0 Å². The SMILES string of the molecule is CC[C@H]1NC(=O)[C@@H](CCCN=C(N)N)CC(=O)[C@@](C)(NC(=O)C(C)C)CCCCNC(=O)[C@H](c2ccccc2)NC1=O. The second kappa shape index (κ2) is 16.5. The van der Waals surface area contributed by atoms with Gasteiger partial charge in [-0.2, -0.15) is 0 Å². The molecular formula is C30H47N7O5. The number of aliphatic imine (C=N–C) groups is 1. The average Bonchev–Trinajstić information content (AvgIpc) is 2.95. The van der Waals surface area contributed by atoms with Crippen molar-refractivity contribution in [2.75, 3.05) is 13.1 Å². The molecule has 0 bridgehead atoms. The van der Waals surface area contributed by atoms with Crippen molar-refractivity contribution in [3.8, 4) is 0 Å². The minimum Gasteiger partial charge on any atom is -0.370 e. The van der Waals surface area contributed by atoms with Gasteiger partial charge in [-0.25, -0.2) is 0 Å². The molecule has 42 heavy (non-hydrogen) atoms. The lowest BCUT2D eigenvalue weighted by Gasteiger charge is -2.32. The second-order valence-corrected chi connectivity index (χ2v) is 11.3. The summed E-state index contributed by atoms with van der Waals surface area (Å²) in [6, 6.07) is 6.99. The predicted octanol–water partition coefficient (Wildman–Crippen LogP) is 1.20. The largest absolute Gasteiger partial charge is 0.370 e. The summed E-state index contributed by atoms with van der Waals surface area (Å²) in [5.74, 6) is -3.12. The number of Topliss-reactive ketones (excluding diaryl/α,β-unsaturated/α-hetero) is 1. The van der Waals surface area contributed by atoms with Crippen molar-refractivity contribution in [1.82, 2.24) is 21.3 Å². The van der Waals surface area contributed by atoms with E-state index in [2.05, 4.69) is 26.3 Å².